The number of para-hydroxylation sites is 1. The predicted molar refractivity (Wildman–Crippen MR) is 84.1 cm³/mol. The highest BCUT2D eigenvalue weighted by Gasteiger charge is 2.25. The maximum atomic E-state index is 6.01. The second kappa shape index (κ2) is 7.09. The molecule has 1 aliphatic rings. The zero-order valence-corrected chi connectivity index (χ0v) is 12.8. The Labute approximate surface area is 122 Å². The summed E-state index contributed by atoms with van der Waals surface area (Å²) >= 11 is 0. The summed E-state index contributed by atoms with van der Waals surface area (Å²) in [4.78, 5) is 0. The van der Waals surface area contributed by atoms with Crippen molar-refractivity contribution in [2.24, 2.45) is 11.7 Å². The second-order valence-electron chi connectivity index (χ2n) is 6.27. The van der Waals surface area contributed by atoms with Crippen LogP contribution in [0.1, 0.15) is 38.2 Å². The molecule has 3 nitrogen and oxygen atoms in total. The van der Waals surface area contributed by atoms with Crippen molar-refractivity contribution in [3.8, 4) is 5.75 Å². The number of hydrogen-bond donors (Lipinski definition) is 2. The zero-order chi connectivity index (χ0) is 14.4. The Bertz CT molecular complexity index is 417. The van der Waals surface area contributed by atoms with Gasteiger partial charge in [0.15, 0.2) is 0 Å². The molecule has 2 rings (SSSR count). The van der Waals surface area contributed by atoms with Crippen molar-refractivity contribution in [2.45, 2.75) is 44.6 Å². The van der Waals surface area contributed by atoms with Gasteiger partial charge in [-0.05, 0) is 43.9 Å². The first-order valence-electron chi connectivity index (χ1n) is 7.74. The Morgan fingerprint density at radius 1 is 1.35 bits per heavy atom. The van der Waals surface area contributed by atoms with Gasteiger partial charge in [-0.15, -0.1) is 0 Å². The average molecular weight is 276 g/mol. The molecule has 0 spiro atoms. The number of nitrogens with two attached hydrogens (primary N) is 1. The van der Waals surface area contributed by atoms with Gasteiger partial charge in [0.25, 0.3) is 0 Å². The van der Waals surface area contributed by atoms with Crippen LogP contribution in [0.15, 0.2) is 24.3 Å². The van der Waals surface area contributed by atoms with Gasteiger partial charge in [0.2, 0.25) is 0 Å². The summed E-state index contributed by atoms with van der Waals surface area (Å²) in [6.07, 6.45) is 6.42. The first-order valence-corrected chi connectivity index (χ1v) is 7.74. The van der Waals surface area contributed by atoms with Crippen molar-refractivity contribution in [3.05, 3.63) is 29.8 Å². The third kappa shape index (κ3) is 3.97. The molecular formula is C17H28N2O. The van der Waals surface area contributed by atoms with Crippen LogP contribution >= 0.6 is 0 Å². The van der Waals surface area contributed by atoms with E-state index in [1.54, 1.807) is 7.11 Å². The maximum absolute atomic E-state index is 6.01. The molecule has 1 aromatic carbocycles. The summed E-state index contributed by atoms with van der Waals surface area (Å²) in [5.74, 6) is 1.89. The molecule has 0 aliphatic heterocycles. The standard InChI is InChI=1S/C17H28N2O/c1-17(13-18,19-11-10-14-6-5-7-14)12-15-8-3-4-9-16(15)20-2/h3-4,8-9,14,19H,5-7,10-13,18H2,1-2H3. The molecular weight excluding hydrogens is 248 g/mol. The van der Waals surface area contributed by atoms with Gasteiger partial charge < -0.3 is 15.8 Å². The lowest BCUT2D eigenvalue weighted by Gasteiger charge is -2.32. The van der Waals surface area contributed by atoms with E-state index in [1.165, 1.54) is 31.2 Å². The Balaban J connectivity index is 1.91. The van der Waals surface area contributed by atoms with E-state index in [0.29, 0.717) is 6.54 Å². The molecule has 1 saturated carbocycles. The van der Waals surface area contributed by atoms with E-state index in [2.05, 4.69) is 24.4 Å². The Hall–Kier alpha value is -1.06. The van der Waals surface area contributed by atoms with Crippen LogP contribution in [-0.2, 0) is 6.42 Å². The molecule has 0 amide bonds. The summed E-state index contributed by atoms with van der Waals surface area (Å²) in [6, 6.07) is 8.20. The van der Waals surface area contributed by atoms with E-state index < -0.39 is 0 Å². The summed E-state index contributed by atoms with van der Waals surface area (Å²) in [5, 5.41) is 3.66. The first kappa shape index (κ1) is 15.3. The number of benzene rings is 1. The number of rotatable bonds is 8. The molecule has 0 aromatic heterocycles. The van der Waals surface area contributed by atoms with Gasteiger partial charge in [0.1, 0.15) is 5.75 Å². The van der Waals surface area contributed by atoms with Crippen LogP contribution < -0.4 is 15.8 Å². The summed E-state index contributed by atoms with van der Waals surface area (Å²) in [7, 11) is 1.72. The van der Waals surface area contributed by atoms with Crippen LogP contribution in [0.4, 0.5) is 0 Å². The SMILES string of the molecule is COc1ccccc1CC(C)(CN)NCCC1CCC1. The molecule has 1 unspecified atom stereocenters. The smallest absolute Gasteiger partial charge is 0.122 e. The fraction of sp³-hybridized carbons (Fsp3) is 0.647. The van der Waals surface area contributed by atoms with Crippen molar-refractivity contribution in [1.82, 2.24) is 5.32 Å². The second-order valence-corrected chi connectivity index (χ2v) is 6.27. The van der Waals surface area contributed by atoms with Gasteiger partial charge in [-0.2, -0.15) is 0 Å². The van der Waals surface area contributed by atoms with Gasteiger partial charge in [0.05, 0.1) is 7.11 Å². The van der Waals surface area contributed by atoms with E-state index >= 15 is 0 Å². The Kier molecular flexibility index (Phi) is 5.44. The third-order valence-electron chi connectivity index (χ3n) is 4.55. The number of nitrogens with one attached hydrogen (secondary N) is 1. The van der Waals surface area contributed by atoms with E-state index in [4.69, 9.17) is 10.5 Å². The minimum Gasteiger partial charge on any atom is -0.496 e. The van der Waals surface area contributed by atoms with Crippen LogP contribution in [-0.4, -0.2) is 25.7 Å². The Morgan fingerprint density at radius 3 is 2.70 bits per heavy atom. The monoisotopic (exact) mass is 276 g/mol. The predicted octanol–water partition coefficient (Wildman–Crippen LogP) is 2.73. The van der Waals surface area contributed by atoms with Crippen molar-refractivity contribution in [3.63, 3.8) is 0 Å². The van der Waals surface area contributed by atoms with E-state index in [0.717, 1.165) is 24.6 Å². The molecule has 1 atom stereocenters. The molecule has 1 aliphatic carbocycles. The molecule has 0 saturated heterocycles. The fourth-order valence-electron chi connectivity index (χ4n) is 2.84. The van der Waals surface area contributed by atoms with Crippen molar-refractivity contribution in [2.75, 3.05) is 20.2 Å². The number of methoxy groups -OCH3 is 1. The molecule has 1 aromatic rings. The minimum atomic E-state index is -0.0572. The van der Waals surface area contributed by atoms with Crippen LogP contribution in [0.25, 0.3) is 0 Å². The summed E-state index contributed by atoms with van der Waals surface area (Å²) in [6.45, 7) is 3.91. The quantitative estimate of drug-likeness (QED) is 0.767. The topological polar surface area (TPSA) is 47.3 Å². The van der Waals surface area contributed by atoms with Crippen molar-refractivity contribution < 1.29 is 4.74 Å². The normalized spacial score (nSPS) is 18.4. The molecule has 3 N–H and O–H groups in total. The summed E-state index contributed by atoms with van der Waals surface area (Å²) < 4.78 is 5.44. The molecule has 0 radical (unpaired) electrons. The van der Waals surface area contributed by atoms with Gasteiger partial charge >= 0.3 is 0 Å². The molecule has 3 heteroatoms. The molecule has 112 valence electrons. The molecule has 0 bridgehead atoms. The first-order chi connectivity index (χ1) is 9.67. The van der Waals surface area contributed by atoms with E-state index in [-0.39, 0.29) is 5.54 Å². The molecule has 0 heterocycles. The lowest BCUT2D eigenvalue weighted by molar-refractivity contribution is 0.269. The third-order valence-corrected chi connectivity index (χ3v) is 4.55. The lowest BCUT2D eigenvalue weighted by atomic mass is 9.82. The minimum absolute atomic E-state index is 0.0572. The Morgan fingerprint density at radius 2 is 2.10 bits per heavy atom. The van der Waals surface area contributed by atoms with Gasteiger partial charge in [-0.25, -0.2) is 0 Å². The molecule has 1 fully saturated rings. The zero-order valence-electron chi connectivity index (χ0n) is 12.8. The summed E-state index contributed by atoms with van der Waals surface area (Å²) in [5.41, 5.74) is 7.17. The highest BCUT2D eigenvalue weighted by atomic mass is 16.5. The van der Waals surface area contributed by atoms with E-state index in [9.17, 15) is 0 Å². The maximum Gasteiger partial charge on any atom is 0.122 e. The van der Waals surface area contributed by atoms with Crippen molar-refractivity contribution >= 4 is 0 Å². The van der Waals surface area contributed by atoms with Gasteiger partial charge in [-0.3, -0.25) is 0 Å². The van der Waals surface area contributed by atoms with Crippen LogP contribution in [0.5, 0.6) is 5.75 Å². The highest BCUT2D eigenvalue weighted by molar-refractivity contribution is 5.34. The highest BCUT2D eigenvalue weighted by Crippen LogP contribution is 2.29. The molecule has 20 heavy (non-hydrogen) atoms. The number of ether oxygens (including phenoxy) is 1. The van der Waals surface area contributed by atoms with E-state index in [1.807, 2.05) is 12.1 Å². The van der Waals surface area contributed by atoms with Crippen molar-refractivity contribution in [1.29, 1.82) is 0 Å². The lowest BCUT2D eigenvalue weighted by Crippen LogP contribution is -2.51. The van der Waals surface area contributed by atoms with Gasteiger partial charge in [0, 0.05) is 12.1 Å². The van der Waals surface area contributed by atoms with Crippen LogP contribution in [0.3, 0.4) is 0 Å². The number of hydrogen-bond acceptors (Lipinski definition) is 3. The van der Waals surface area contributed by atoms with Crippen LogP contribution in [0, 0.1) is 5.92 Å². The fourth-order valence-corrected chi connectivity index (χ4v) is 2.84. The average Bonchev–Trinajstić information content (AvgIpc) is 2.42. The van der Waals surface area contributed by atoms with Crippen LogP contribution in [0.2, 0.25) is 0 Å². The largest absolute Gasteiger partial charge is 0.496 e. The van der Waals surface area contributed by atoms with Gasteiger partial charge in [-0.1, -0.05) is 37.5 Å².